The van der Waals surface area contributed by atoms with Crippen LogP contribution in [0.5, 0.6) is 0 Å². The van der Waals surface area contributed by atoms with E-state index in [4.69, 9.17) is 0 Å². The zero-order valence-electron chi connectivity index (χ0n) is 14.8. The summed E-state index contributed by atoms with van der Waals surface area (Å²) in [5.41, 5.74) is -0.117. The molecule has 28 heavy (non-hydrogen) atoms. The number of rotatable bonds is 7. The fraction of sp³-hybridized carbons (Fsp3) is 0.263. The molecule has 0 spiro atoms. The molecular weight excluding hydrogens is 378 g/mol. The van der Waals surface area contributed by atoms with Gasteiger partial charge in [0.05, 0.1) is 5.56 Å². The predicted molar refractivity (Wildman–Crippen MR) is 95.0 cm³/mol. The van der Waals surface area contributed by atoms with Crippen molar-refractivity contribution < 1.29 is 27.2 Å². The third-order valence-corrected chi connectivity index (χ3v) is 3.74. The van der Waals surface area contributed by atoms with Crippen molar-refractivity contribution in [1.29, 1.82) is 0 Å². The smallest absolute Gasteiger partial charge is 0.352 e. The van der Waals surface area contributed by atoms with Gasteiger partial charge in [-0.05, 0) is 48.4 Å². The Hall–Kier alpha value is -3.10. The molecule has 5 nitrogen and oxygen atoms in total. The number of carbonyl (C=O) groups is 2. The van der Waals surface area contributed by atoms with Crippen LogP contribution in [-0.4, -0.2) is 25.0 Å². The maximum atomic E-state index is 12.8. The first-order chi connectivity index (χ1) is 13.3. The second kappa shape index (κ2) is 9.72. The average molecular weight is 397 g/mol. The molecule has 3 N–H and O–H groups in total. The minimum Gasteiger partial charge on any atom is -0.352 e. The van der Waals surface area contributed by atoms with Gasteiger partial charge in [-0.2, -0.15) is 13.2 Å². The van der Waals surface area contributed by atoms with Gasteiger partial charge in [0, 0.05) is 25.2 Å². The lowest BCUT2D eigenvalue weighted by Gasteiger charge is -2.10. The SMILES string of the molecule is O=C(NCCCNC(=O)c1ccc(F)cc1)NCc1cccc(C(F)(F)F)c1. The van der Waals surface area contributed by atoms with Crippen molar-refractivity contribution in [3.05, 3.63) is 71.0 Å². The molecular formula is C19H19F4N3O2. The number of carbonyl (C=O) groups excluding carboxylic acids is 2. The highest BCUT2D eigenvalue weighted by molar-refractivity contribution is 5.94. The first kappa shape index (κ1) is 21.2. The molecule has 0 aromatic heterocycles. The molecule has 0 atom stereocenters. The van der Waals surface area contributed by atoms with Crippen molar-refractivity contribution in [2.24, 2.45) is 0 Å². The van der Waals surface area contributed by atoms with Crippen LogP contribution in [0.1, 0.15) is 27.9 Å². The maximum Gasteiger partial charge on any atom is 0.416 e. The Bertz CT molecular complexity index is 808. The third-order valence-electron chi connectivity index (χ3n) is 3.74. The first-order valence-electron chi connectivity index (χ1n) is 8.47. The van der Waals surface area contributed by atoms with Crippen LogP contribution in [0.15, 0.2) is 48.5 Å². The van der Waals surface area contributed by atoms with Gasteiger partial charge in [-0.15, -0.1) is 0 Å². The molecule has 0 fully saturated rings. The molecule has 0 unspecified atom stereocenters. The van der Waals surface area contributed by atoms with Gasteiger partial charge in [0.15, 0.2) is 0 Å². The van der Waals surface area contributed by atoms with Crippen LogP contribution in [0.2, 0.25) is 0 Å². The van der Waals surface area contributed by atoms with Crippen LogP contribution in [0.3, 0.4) is 0 Å². The summed E-state index contributed by atoms with van der Waals surface area (Å²) in [6, 6.07) is 9.28. The number of benzene rings is 2. The van der Waals surface area contributed by atoms with E-state index in [1.165, 1.54) is 36.4 Å². The largest absolute Gasteiger partial charge is 0.416 e. The summed E-state index contributed by atoms with van der Waals surface area (Å²) in [5, 5.41) is 7.64. The Balaban J connectivity index is 1.64. The molecule has 0 saturated carbocycles. The highest BCUT2D eigenvalue weighted by Gasteiger charge is 2.30. The van der Waals surface area contributed by atoms with Crippen molar-refractivity contribution in [3.8, 4) is 0 Å². The number of amides is 3. The van der Waals surface area contributed by atoms with Gasteiger partial charge in [-0.1, -0.05) is 12.1 Å². The zero-order valence-corrected chi connectivity index (χ0v) is 14.8. The lowest BCUT2D eigenvalue weighted by atomic mass is 10.1. The number of hydrogen-bond acceptors (Lipinski definition) is 2. The summed E-state index contributed by atoms with van der Waals surface area (Å²) in [5.74, 6) is -0.786. The van der Waals surface area contributed by atoms with Crippen LogP contribution < -0.4 is 16.0 Å². The van der Waals surface area contributed by atoms with E-state index < -0.39 is 23.6 Å². The highest BCUT2D eigenvalue weighted by Crippen LogP contribution is 2.29. The van der Waals surface area contributed by atoms with Crippen molar-refractivity contribution in [3.63, 3.8) is 0 Å². The topological polar surface area (TPSA) is 70.2 Å². The molecule has 0 bridgehead atoms. The number of alkyl halides is 3. The lowest BCUT2D eigenvalue weighted by molar-refractivity contribution is -0.137. The van der Waals surface area contributed by atoms with Gasteiger partial charge >= 0.3 is 12.2 Å². The van der Waals surface area contributed by atoms with Gasteiger partial charge in [-0.25, -0.2) is 9.18 Å². The summed E-state index contributed by atoms with van der Waals surface area (Å²) < 4.78 is 50.7. The molecule has 0 heterocycles. The van der Waals surface area contributed by atoms with E-state index in [0.717, 1.165) is 12.1 Å². The normalized spacial score (nSPS) is 11.0. The maximum absolute atomic E-state index is 12.8. The monoisotopic (exact) mass is 397 g/mol. The number of nitrogens with one attached hydrogen (secondary N) is 3. The van der Waals surface area contributed by atoms with Crippen LogP contribution in [0, 0.1) is 5.82 Å². The van der Waals surface area contributed by atoms with Crippen LogP contribution in [-0.2, 0) is 12.7 Å². The molecule has 0 saturated heterocycles. The Morgan fingerprint density at radius 1 is 0.893 bits per heavy atom. The zero-order chi connectivity index (χ0) is 20.6. The Morgan fingerprint density at radius 2 is 1.57 bits per heavy atom. The summed E-state index contributed by atoms with van der Waals surface area (Å²) in [6.07, 6.45) is -3.99. The van der Waals surface area contributed by atoms with Gasteiger partial charge in [-0.3, -0.25) is 4.79 Å². The predicted octanol–water partition coefficient (Wildman–Crippen LogP) is 3.46. The van der Waals surface area contributed by atoms with E-state index in [2.05, 4.69) is 16.0 Å². The number of halogens is 4. The molecule has 2 aromatic rings. The molecule has 3 amide bonds. The van der Waals surface area contributed by atoms with E-state index in [0.29, 0.717) is 24.1 Å². The average Bonchev–Trinajstić information content (AvgIpc) is 2.66. The summed E-state index contributed by atoms with van der Waals surface area (Å²) in [7, 11) is 0. The minimum atomic E-state index is -4.43. The van der Waals surface area contributed by atoms with E-state index in [-0.39, 0.29) is 19.0 Å². The fourth-order valence-corrected chi connectivity index (χ4v) is 2.30. The van der Waals surface area contributed by atoms with Crippen LogP contribution in [0.4, 0.5) is 22.4 Å². The van der Waals surface area contributed by atoms with Gasteiger partial charge in [0.1, 0.15) is 5.82 Å². The molecule has 0 aliphatic carbocycles. The molecule has 0 aliphatic rings. The van der Waals surface area contributed by atoms with Gasteiger partial charge < -0.3 is 16.0 Å². The lowest BCUT2D eigenvalue weighted by Crippen LogP contribution is -2.36. The highest BCUT2D eigenvalue weighted by atomic mass is 19.4. The third kappa shape index (κ3) is 6.90. The summed E-state index contributed by atoms with van der Waals surface area (Å²) in [6.45, 7) is 0.513. The van der Waals surface area contributed by atoms with E-state index in [9.17, 15) is 27.2 Å². The van der Waals surface area contributed by atoms with E-state index in [1.807, 2.05) is 0 Å². The molecule has 2 rings (SSSR count). The minimum absolute atomic E-state index is 0.0446. The van der Waals surface area contributed by atoms with Crippen molar-refractivity contribution in [1.82, 2.24) is 16.0 Å². The van der Waals surface area contributed by atoms with Crippen LogP contribution in [0.25, 0.3) is 0 Å². The Morgan fingerprint density at radius 3 is 2.25 bits per heavy atom. The second-order valence-corrected chi connectivity index (χ2v) is 5.92. The molecule has 2 aromatic carbocycles. The quantitative estimate of drug-likeness (QED) is 0.495. The summed E-state index contributed by atoms with van der Waals surface area (Å²) >= 11 is 0. The Kier molecular flexibility index (Phi) is 7.36. The van der Waals surface area contributed by atoms with E-state index >= 15 is 0 Å². The molecule has 0 radical (unpaired) electrons. The Labute approximate surface area is 159 Å². The molecule has 0 aliphatic heterocycles. The fourth-order valence-electron chi connectivity index (χ4n) is 2.30. The van der Waals surface area contributed by atoms with Crippen molar-refractivity contribution in [2.75, 3.05) is 13.1 Å². The first-order valence-corrected chi connectivity index (χ1v) is 8.47. The van der Waals surface area contributed by atoms with E-state index in [1.54, 1.807) is 0 Å². The molecule has 150 valence electrons. The molecule has 9 heteroatoms. The summed E-state index contributed by atoms with van der Waals surface area (Å²) in [4.78, 5) is 23.5. The number of hydrogen-bond donors (Lipinski definition) is 3. The van der Waals surface area contributed by atoms with Crippen LogP contribution >= 0.6 is 0 Å². The standard InChI is InChI=1S/C19H19F4N3O2/c20-16-7-5-14(6-8-16)17(27)24-9-2-10-25-18(28)26-12-13-3-1-4-15(11-13)19(21,22)23/h1,3-8,11H,2,9-10,12H2,(H,24,27)(H2,25,26,28). The second-order valence-electron chi connectivity index (χ2n) is 5.92. The number of urea groups is 1. The van der Waals surface area contributed by atoms with Gasteiger partial charge in [0.25, 0.3) is 5.91 Å². The van der Waals surface area contributed by atoms with Gasteiger partial charge in [0.2, 0.25) is 0 Å². The van der Waals surface area contributed by atoms with Crippen molar-refractivity contribution >= 4 is 11.9 Å². The van der Waals surface area contributed by atoms with Crippen molar-refractivity contribution in [2.45, 2.75) is 19.1 Å².